The molecule has 0 saturated heterocycles. The number of carbonyl (C=O) groups excluding carboxylic acids is 1. The van der Waals surface area contributed by atoms with Gasteiger partial charge in [-0.2, -0.15) is 0 Å². The molecule has 0 saturated carbocycles. The molecule has 0 radical (unpaired) electrons. The van der Waals surface area contributed by atoms with Crippen molar-refractivity contribution in [1.29, 1.82) is 0 Å². The fourth-order valence-corrected chi connectivity index (χ4v) is 2.79. The van der Waals surface area contributed by atoms with Crippen LogP contribution in [-0.4, -0.2) is 30.7 Å². The average Bonchev–Trinajstić information content (AvgIpc) is 2.90. The Morgan fingerprint density at radius 2 is 1.81 bits per heavy atom. The van der Waals surface area contributed by atoms with E-state index in [2.05, 4.69) is 20.2 Å². The SMILES string of the molecule is Cn1c(O)c2ccc(C(=O)N=Nc3nc4ccccc4c(=O)[nH]3)cc2c1O. The van der Waals surface area contributed by atoms with Gasteiger partial charge in [0.15, 0.2) is 0 Å². The van der Waals surface area contributed by atoms with Crippen LogP contribution in [0.5, 0.6) is 11.8 Å². The van der Waals surface area contributed by atoms with Crippen LogP contribution in [0.15, 0.2) is 57.5 Å². The Kier molecular flexibility index (Phi) is 3.69. The molecule has 4 aromatic rings. The van der Waals surface area contributed by atoms with Gasteiger partial charge in [-0.3, -0.25) is 19.1 Å². The minimum absolute atomic E-state index is 0.0895. The number of carbonyl (C=O) groups is 1. The Hall–Kier alpha value is -4.01. The van der Waals surface area contributed by atoms with E-state index in [1.165, 1.54) is 29.8 Å². The highest BCUT2D eigenvalue weighted by Gasteiger charge is 2.15. The molecule has 9 nitrogen and oxygen atoms in total. The monoisotopic (exact) mass is 363 g/mol. The Bertz CT molecular complexity index is 1300. The summed E-state index contributed by atoms with van der Waals surface area (Å²) < 4.78 is 1.20. The van der Waals surface area contributed by atoms with Crippen LogP contribution in [0.1, 0.15) is 10.4 Å². The van der Waals surface area contributed by atoms with Gasteiger partial charge in [0.1, 0.15) is 0 Å². The van der Waals surface area contributed by atoms with Gasteiger partial charge in [-0.25, -0.2) is 4.98 Å². The van der Waals surface area contributed by atoms with Crippen LogP contribution in [-0.2, 0) is 7.05 Å². The number of nitrogens with zero attached hydrogens (tertiary/aromatic N) is 4. The number of hydrogen-bond donors (Lipinski definition) is 3. The first kappa shape index (κ1) is 16.5. The molecule has 0 aliphatic rings. The Morgan fingerprint density at radius 3 is 2.63 bits per heavy atom. The second-order valence-corrected chi connectivity index (χ2v) is 5.88. The number of aromatic nitrogens is 3. The number of aromatic hydroxyl groups is 2. The van der Waals surface area contributed by atoms with Gasteiger partial charge in [0.2, 0.25) is 17.7 Å². The van der Waals surface area contributed by atoms with Gasteiger partial charge in [0.25, 0.3) is 11.5 Å². The van der Waals surface area contributed by atoms with Gasteiger partial charge in [-0.05, 0) is 30.3 Å². The third kappa shape index (κ3) is 2.71. The number of para-hydroxylation sites is 1. The lowest BCUT2D eigenvalue weighted by Crippen LogP contribution is -2.06. The molecule has 1 amide bonds. The van der Waals surface area contributed by atoms with Crippen LogP contribution >= 0.6 is 0 Å². The maximum Gasteiger partial charge on any atom is 0.295 e. The van der Waals surface area contributed by atoms with Crippen molar-refractivity contribution < 1.29 is 15.0 Å². The lowest BCUT2D eigenvalue weighted by molar-refractivity contribution is 0.0995. The molecule has 0 unspecified atom stereocenters. The van der Waals surface area contributed by atoms with Crippen molar-refractivity contribution in [2.45, 2.75) is 0 Å². The van der Waals surface area contributed by atoms with E-state index < -0.39 is 5.91 Å². The molecule has 0 fully saturated rings. The summed E-state index contributed by atoms with van der Waals surface area (Å²) in [5.74, 6) is -1.06. The van der Waals surface area contributed by atoms with Crippen LogP contribution in [0.2, 0.25) is 0 Å². The minimum Gasteiger partial charge on any atom is -0.494 e. The summed E-state index contributed by atoms with van der Waals surface area (Å²) >= 11 is 0. The molecule has 0 aliphatic heterocycles. The zero-order chi connectivity index (χ0) is 19.1. The Labute approximate surface area is 151 Å². The number of azo groups is 1. The molecule has 0 aliphatic carbocycles. The van der Waals surface area contributed by atoms with E-state index in [4.69, 9.17) is 0 Å². The van der Waals surface area contributed by atoms with Gasteiger partial charge < -0.3 is 10.2 Å². The van der Waals surface area contributed by atoms with E-state index in [-0.39, 0.29) is 28.8 Å². The quantitative estimate of drug-likeness (QED) is 0.471. The van der Waals surface area contributed by atoms with Crippen molar-refractivity contribution in [3.63, 3.8) is 0 Å². The molecule has 9 heteroatoms. The predicted octanol–water partition coefficient (Wildman–Crippen LogP) is 2.75. The number of nitrogens with one attached hydrogen (secondary N) is 1. The van der Waals surface area contributed by atoms with E-state index in [1.54, 1.807) is 24.3 Å². The van der Waals surface area contributed by atoms with Crippen LogP contribution in [0, 0.1) is 0 Å². The first-order chi connectivity index (χ1) is 13.0. The molecule has 134 valence electrons. The number of benzene rings is 2. The molecule has 0 spiro atoms. The van der Waals surface area contributed by atoms with E-state index in [0.717, 1.165) is 0 Å². The van der Waals surface area contributed by atoms with Gasteiger partial charge in [-0.15, -0.1) is 10.2 Å². The second kappa shape index (κ2) is 6.06. The average molecular weight is 363 g/mol. The molecule has 2 aromatic carbocycles. The summed E-state index contributed by atoms with van der Waals surface area (Å²) in [6, 6.07) is 11.1. The summed E-state index contributed by atoms with van der Waals surface area (Å²) in [5, 5.41) is 28.3. The van der Waals surface area contributed by atoms with Crippen molar-refractivity contribution in [1.82, 2.24) is 14.5 Å². The second-order valence-electron chi connectivity index (χ2n) is 5.88. The number of H-pyrrole nitrogens is 1. The summed E-state index contributed by atoms with van der Waals surface area (Å²) in [7, 11) is 1.49. The van der Waals surface area contributed by atoms with Crippen molar-refractivity contribution in [3.8, 4) is 11.8 Å². The fraction of sp³-hybridized carbons (Fsp3) is 0.0556. The molecule has 4 rings (SSSR count). The molecule has 0 atom stereocenters. The van der Waals surface area contributed by atoms with Gasteiger partial charge >= 0.3 is 0 Å². The predicted molar refractivity (Wildman–Crippen MR) is 97.5 cm³/mol. The fourth-order valence-electron chi connectivity index (χ4n) is 2.79. The summed E-state index contributed by atoms with van der Waals surface area (Å²) in [4.78, 5) is 30.9. The van der Waals surface area contributed by atoms with E-state index in [1.807, 2.05) is 0 Å². The molecule has 27 heavy (non-hydrogen) atoms. The van der Waals surface area contributed by atoms with Crippen LogP contribution in [0.25, 0.3) is 21.7 Å². The normalized spacial score (nSPS) is 11.6. The zero-order valence-corrected chi connectivity index (χ0v) is 14.0. The van der Waals surface area contributed by atoms with Crippen molar-refractivity contribution in [2.24, 2.45) is 17.3 Å². The maximum atomic E-state index is 12.3. The highest BCUT2D eigenvalue weighted by molar-refractivity contribution is 6.01. The number of amides is 1. The molecule has 3 N–H and O–H groups in total. The summed E-state index contributed by atoms with van der Waals surface area (Å²) in [6.45, 7) is 0. The van der Waals surface area contributed by atoms with Crippen molar-refractivity contribution in [3.05, 3.63) is 58.4 Å². The Balaban J connectivity index is 1.69. The highest BCUT2D eigenvalue weighted by atomic mass is 16.3. The lowest BCUT2D eigenvalue weighted by atomic mass is 10.1. The molecular weight excluding hydrogens is 350 g/mol. The first-order valence-electron chi connectivity index (χ1n) is 7.91. The van der Waals surface area contributed by atoms with Crippen LogP contribution < -0.4 is 5.56 Å². The van der Waals surface area contributed by atoms with E-state index >= 15 is 0 Å². The van der Waals surface area contributed by atoms with Crippen LogP contribution in [0.3, 0.4) is 0 Å². The maximum absolute atomic E-state index is 12.3. The third-order valence-electron chi connectivity index (χ3n) is 4.22. The third-order valence-corrected chi connectivity index (χ3v) is 4.22. The molecule has 2 aromatic heterocycles. The number of rotatable bonds is 2. The zero-order valence-electron chi connectivity index (χ0n) is 14.0. The molecular formula is C18H13N5O4. The lowest BCUT2D eigenvalue weighted by Gasteiger charge is -1.98. The highest BCUT2D eigenvalue weighted by Crippen LogP contribution is 2.35. The van der Waals surface area contributed by atoms with E-state index in [9.17, 15) is 19.8 Å². The van der Waals surface area contributed by atoms with Gasteiger partial charge in [0.05, 0.1) is 10.9 Å². The molecule has 0 bridgehead atoms. The van der Waals surface area contributed by atoms with Gasteiger partial charge in [-0.1, -0.05) is 12.1 Å². The number of aromatic amines is 1. The smallest absolute Gasteiger partial charge is 0.295 e. The van der Waals surface area contributed by atoms with Crippen molar-refractivity contribution >= 4 is 33.5 Å². The van der Waals surface area contributed by atoms with Gasteiger partial charge in [0, 0.05) is 23.4 Å². The molecule has 2 heterocycles. The number of hydrogen-bond acceptors (Lipinski definition) is 6. The summed E-state index contributed by atoms with van der Waals surface area (Å²) in [5.41, 5.74) is 0.220. The minimum atomic E-state index is -0.685. The van der Waals surface area contributed by atoms with Crippen LogP contribution in [0.4, 0.5) is 5.95 Å². The standard InChI is InChI=1S/C18H13N5O4/c1-23-16(26)10-7-6-9(8-12(10)17(23)27)14(24)21-22-18-19-13-5-3-2-4-11(13)15(25)20-18/h2-8,26-27H,1H3,(H,19,20,25). The largest absolute Gasteiger partial charge is 0.494 e. The van der Waals surface area contributed by atoms with Crippen molar-refractivity contribution in [2.75, 3.05) is 0 Å². The first-order valence-corrected chi connectivity index (χ1v) is 7.91. The van der Waals surface area contributed by atoms with E-state index in [0.29, 0.717) is 21.7 Å². The summed E-state index contributed by atoms with van der Waals surface area (Å²) in [6.07, 6.45) is 0. The topological polar surface area (TPSA) is 133 Å². The number of fused-ring (bicyclic) bond motifs is 2. The Morgan fingerprint density at radius 1 is 1.07 bits per heavy atom.